The van der Waals surface area contributed by atoms with Crippen LogP contribution in [-0.4, -0.2) is 9.13 Å². The molecule has 3 heterocycles. The predicted octanol–water partition coefficient (Wildman–Crippen LogP) is 14.8. The van der Waals surface area contributed by atoms with Crippen LogP contribution in [0.4, 0.5) is 0 Å². The molecule has 0 aliphatic rings. The Morgan fingerprint density at radius 3 is 1.28 bits per heavy atom. The number of para-hydroxylation sites is 3. The average molecular weight is 727 g/mol. The summed E-state index contributed by atoms with van der Waals surface area (Å²) >= 11 is 0. The van der Waals surface area contributed by atoms with Crippen LogP contribution < -0.4 is 0 Å². The standard InChI is InChI=1S/C54H34N2O/c1-3-11-35(12-4-1)36-19-25-42(26-20-36)56-49-17-9-7-15-43(49)45-31-37(21-27-50(45)56)38-22-28-51-46(32-38)47-33-39(23-29-52(47)55(51)41-13-5-2-6-14-41)40-24-30-54-48(34-40)44-16-8-10-18-53(44)57-54/h1-34H. The Labute approximate surface area is 328 Å². The lowest BCUT2D eigenvalue weighted by Gasteiger charge is -2.10. The van der Waals surface area contributed by atoms with E-state index in [0.717, 1.165) is 33.3 Å². The van der Waals surface area contributed by atoms with Crippen LogP contribution in [0, 0.1) is 0 Å². The number of fused-ring (bicyclic) bond motifs is 9. The maximum absolute atomic E-state index is 6.17. The minimum atomic E-state index is 0.910. The lowest BCUT2D eigenvalue weighted by Crippen LogP contribution is -1.94. The Bertz CT molecular complexity index is 3490. The first-order chi connectivity index (χ1) is 28.2. The van der Waals surface area contributed by atoms with Crippen LogP contribution in [-0.2, 0) is 0 Å². The molecule has 0 spiro atoms. The zero-order chi connectivity index (χ0) is 37.5. The van der Waals surface area contributed by atoms with Gasteiger partial charge in [0.25, 0.3) is 0 Å². The van der Waals surface area contributed by atoms with Crippen molar-refractivity contribution >= 4 is 65.6 Å². The molecule has 3 heteroatoms. The minimum Gasteiger partial charge on any atom is -0.456 e. The summed E-state index contributed by atoms with van der Waals surface area (Å²) in [4.78, 5) is 0. The fourth-order valence-electron chi connectivity index (χ4n) is 9.01. The van der Waals surface area contributed by atoms with Crippen molar-refractivity contribution in [3.8, 4) is 44.8 Å². The Morgan fingerprint density at radius 1 is 0.246 bits per heavy atom. The number of hydrogen-bond donors (Lipinski definition) is 0. The first kappa shape index (κ1) is 31.7. The van der Waals surface area contributed by atoms with Crippen LogP contribution in [0.15, 0.2) is 211 Å². The summed E-state index contributed by atoms with van der Waals surface area (Å²) in [5.74, 6) is 0. The summed E-state index contributed by atoms with van der Waals surface area (Å²) in [5, 5.41) is 7.22. The summed E-state index contributed by atoms with van der Waals surface area (Å²) < 4.78 is 11.0. The van der Waals surface area contributed by atoms with E-state index in [4.69, 9.17) is 4.42 Å². The first-order valence-corrected chi connectivity index (χ1v) is 19.5. The molecular weight excluding hydrogens is 693 g/mol. The van der Waals surface area contributed by atoms with E-state index in [1.807, 2.05) is 12.1 Å². The number of furan rings is 1. The molecule has 9 aromatic carbocycles. The van der Waals surface area contributed by atoms with Gasteiger partial charge in [-0.2, -0.15) is 0 Å². The van der Waals surface area contributed by atoms with Crippen LogP contribution in [0.1, 0.15) is 0 Å². The van der Waals surface area contributed by atoms with Crippen LogP contribution in [0.25, 0.3) is 110 Å². The molecule has 0 N–H and O–H groups in total. The van der Waals surface area contributed by atoms with Gasteiger partial charge in [0.15, 0.2) is 0 Å². The van der Waals surface area contributed by atoms with Gasteiger partial charge in [-0.25, -0.2) is 0 Å². The maximum Gasteiger partial charge on any atom is 0.135 e. The minimum absolute atomic E-state index is 0.910. The molecule has 3 aromatic heterocycles. The van der Waals surface area contributed by atoms with E-state index >= 15 is 0 Å². The second-order valence-electron chi connectivity index (χ2n) is 14.9. The topological polar surface area (TPSA) is 23.0 Å². The van der Waals surface area contributed by atoms with Crippen molar-refractivity contribution in [1.29, 1.82) is 0 Å². The average Bonchev–Trinajstić information content (AvgIpc) is 3.93. The Hall–Kier alpha value is -7.62. The first-order valence-electron chi connectivity index (χ1n) is 19.5. The highest BCUT2D eigenvalue weighted by Crippen LogP contribution is 2.40. The van der Waals surface area contributed by atoms with Crippen molar-refractivity contribution < 1.29 is 4.42 Å². The van der Waals surface area contributed by atoms with Gasteiger partial charge in [-0.1, -0.05) is 121 Å². The Morgan fingerprint density at radius 2 is 0.649 bits per heavy atom. The molecule has 0 unspecified atom stereocenters. The number of hydrogen-bond acceptors (Lipinski definition) is 1. The normalized spacial score (nSPS) is 11.9. The molecular formula is C54H34N2O. The summed E-state index contributed by atoms with van der Waals surface area (Å²) in [5.41, 5.74) is 16.1. The molecule has 12 rings (SSSR count). The van der Waals surface area contributed by atoms with E-state index in [1.165, 1.54) is 77.0 Å². The molecule has 0 saturated heterocycles. The monoisotopic (exact) mass is 726 g/mol. The van der Waals surface area contributed by atoms with Crippen molar-refractivity contribution in [1.82, 2.24) is 9.13 Å². The van der Waals surface area contributed by atoms with Gasteiger partial charge in [-0.05, 0) is 118 Å². The van der Waals surface area contributed by atoms with Gasteiger partial charge >= 0.3 is 0 Å². The third-order valence-electron chi connectivity index (χ3n) is 11.7. The highest BCUT2D eigenvalue weighted by molar-refractivity contribution is 6.14. The molecule has 0 aliphatic carbocycles. The highest BCUT2D eigenvalue weighted by Gasteiger charge is 2.17. The molecule has 0 radical (unpaired) electrons. The molecule has 57 heavy (non-hydrogen) atoms. The van der Waals surface area contributed by atoms with Crippen molar-refractivity contribution in [3.05, 3.63) is 206 Å². The van der Waals surface area contributed by atoms with E-state index in [0.29, 0.717) is 0 Å². The molecule has 266 valence electrons. The third kappa shape index (κ3) is 4.99. The van der Waals surface area contributed by atoms with Crippen molar-refractivity contribution in [2.45, 2.75) is 0 Å². The number of aromatic nitrogens is 2. The van der Waals surface area contributed by atoms with E-state index in [-0.39, 0.29) is 0 Å². The van der Waals surface area contributed by atoms with E-state index in [9.17, 15) is 0 Å². The number of nitrogens with zero attached hydrogens (tertiary/aromatic N) is 2. The van der Waals surface area contributed by atoms with Crippen molar-refractivity contribution in [2.75, 3.05) is 0 Å². The van der Waals surface area contributed by atoms with Crippen LogP contribution >= 0.6 is 0 Å². The summed E-state index contributed by atoms with van der Waals surface area (Å²) in [6.45, 7) is 0. The van der Waals surface area contributed by atoms with Gasteiger partial charge in [0.1, 0.15) is 11.2 Å². The van der Waals surface area contributed by atoms with Gasteiger partial charge in [0.05, 0.1) is 22.1 Å². The fourth-order valence-corrected chi connectivity index (χ4v) is 9.01. The Balaban J connectivity index is 1.02. The molecule has 3 nitrogen and oxygen atoms in total. The summed E-state index contributed by atoms with van der Waals surface area (Å²) in [7, 11) is 0. The molecule has 0 atom stereocenters. The molecule has 0 amide bonds. The number of rotatable bonds is 5. The van der Waals surface area contributed by atoms with Gasteiger partial charge < -0.3 is 13.6 Å². The van der Waals surface area contributed by atoms with Gasteiger partial charge in [0.2, 0.25) is 0 Å². The molecule has 0 saturated carbocycles. The molecule has 0 aliphatic heterocycles. The van der Waals surface area contributed by atoms with Crippen molar-refractivity contribution in [3.63, 3.8) is 0 Å². The predicted molar refractivity (Wildman–Crippen MR) is 239 cm³/mol. The second kappa shape index (κ2) is 12.5. The second-order valence-corrected chi connectivity index (χ2v) is 14.9. The quantitative estimate of drug-likeness (QED) is 0.173. The lowest BCUT2D eigenvalue weighted by molar-refractivity contribution is 0.669. The summed E-state index contributed by atoms with van der Waals surface area (Å²) in [6, 6.07) is 74.6. The van der Waals surface area contributed by atoms with Crippen molar-refractivity contribution in [2.24, 2.45) is 0 Å². The van der Waals surface area contributed by atoms with Crippen LogP contribution in [0.3, 0.4) is 0 Å². The van der Waals surface area contributed by atoms with Gasteiger partial charge in [-0.15, -0.1) is 0 Å². The van der Waals surface area contributed by atoms with Gasteiger partial charge in [-0.3, -0.25) is 0 Å². The molecule has 0 bridgehead atoms. The number of benzene rings is 9. The molecule has 0 fully saturated rings. The smallest absolute Gasteiger partial charge is 0.135 e. The van der Waals surface area contributed by atoms with Crippen LogP contribution in [0.2, 0.25) is 0 Å². The third-order valence-corrected chi connectivity index (χ3v) is 11.7. The van der Waals surface area contributed by atoms with E-state index in [1.54, 1.807) is 0 Å². The largest absolute Gasteiger partial charge is 0.456 e. The lowest BCUT2D eigenvalue weighted by atomic mass is 9.98. The fraction of sp³-hybridized carbons (Fsp3) is 0. The SMILES string of the molecule is c1ccc(-c2ccc(-n3c4ccccc4c4cc(-c5ccc6c(c5)c5cc(-c7ccc8oc9ccccc9c8c7)ccc5n6-c5ccccc5)ccc43)cc2)cc1. The van der Waals surface area contributed by atoms with Gasteiger partial charge in [0, 0.05) is 43.7 Å². The van der Waals surface area contributed by atoms with E-state index < -0.39 is 0 Å². The highest BCUT2D eigenvalue weighted by atomic mass is 16.3. The Kier molecular flexibility index (Phi) is 6.93. The summed E-state index contributed by atoms with van der Waals surface area (Å²) in [6.07, 6.45) is 0. The zero-order valence-corrected chi connectivity index (χ0v) is 30.9. The maximum atomic E-state index is 6.17. The zero-order valence-electron chi connectivity index (χ0n) is 30.9. The molecule has 12 aromatic rings. The van der Waals surface area contributed by atoms with E-state index in [2.05, 4.69) is 203 Å². The van der Waals surface area contributed by atoms with Crippen LogP contribution in [0.5, 0.6) is 0 Å².